The molecule has 1 saturated carbocycles. The lowest BCUT2D eigenvalue weighted by Gasteiger charge is -2.27. The summed E-state index contributed by atoms with van der Waals surface area (Å²) in [5, 5.41) is 9.09. The molecule has 1 saturated heterocycles. The van der Waals surface area contributed by atoms with E-state index < -0.39 is 5.97 Å². The zero-order valence-corrected chi connectivity index (χ0v) is 11.9. The molecule has 1 aliphatic heterocycles. The third kappa shape index (κ3) is 2.86. The highest BCUT2D eigenvalue weighted by Crippen LogP contribution is 2.38. The third-order valence-corrected chi connectivity index (χ3v) is 4.59. The van der Waals surface area contributed by atoms with Gasteiger partial charge in [-0.15, -0.1) is 0 Å². The van der Waals surface area contributed by atoms with Crippen LogP contribution in [-0.2, 0) is 4.79 Å². The number of rotatable bonds is 3. The first kappa shape index (κ1) is 13.9. The van der Waals surface area contributed by atoms with E-state index in [0.29, 0.717) is 17.5 Å². The number of carboxylic acid groups (broad SMARTS) is 1. The summed E-state index contributed by atoms with van der Waals surface area (Å²) in [5.74, 6) is 0.222. The van der Waals surface area contributed by atoms with E-state index in [2.05, 4.69) is 0 Å². The summed E-state index contributed by atoms with van der Waals surface area (Å²) in [5.41, 5.74) is 0.641. The van der Waals surface area contributed by atoms with Crippen LogP contribution in [0.4, 0.5) is 10.5 Å². The maximum absolute atomic E-state index is 12.7. The average molecular weight is 288 g/mol. The fourth-order valence-corrected chi connectivity index (χ4v) is 3.57. The normalized spacial score (nSPS) is 23.9. The lowest BCUT2D eigenvalue weighted by atomic mass is 10.0. The van der Waals surface area contributed by atoms with Gasteiger partial charge in [0.15, 0.2) is 0 Å². The minimum atomic E-state index is -0.994. The molecule has 1 aliphatic carbocycles. The molecule has 5 heteroatoms. The molecule has 2 atom stereocenters. The molecule has 0 spiro atoms. The number of likely N-dealkylation sites (tertiary alicyclic amines) is 1. The molecule has 21 heavy (non-hydrogen) atoms. The molecule has 5 nitrogen and oxygen atoms in total. The van der Waals surface area contributed by atoms with Crippen molar-refractivity contribution in [3.8, 4) is 0 Å². The van der Waals surface area contributed by atoms with Gasteiger partial charge >= 0.3 is 12.0 Å². The van der Waals surface area contributed by atoms with Gasteiger partial charge in [0.1, 0.15) is 6.54 Å². The second-order valence-corrected chi connectivity index (χ2v) is 5.95. The highest BCUT2D eigenvalue weighted by molar-refractivity contribution is 5.96. The quantitative estimate of drug-likeness (QED) is 0.929. The molecule has 0 radical (unpaired) electrons. The molecule has 1 aromatic carbocycles. The van der Waals surface area contributed by atoms with Crippen LogP contribution < -0.4 is 4.90 Å². The zero-order chi connectivity index (χ0) is 14.8. The third-order valence-electron chi connectivity index (χ3n) is 4.59. The lowest BCUT2D eigenvalue weighted by Crippen LogP contribution is -2.45. The largest absolute Gasteiger partial charge is 0.480 e. The topological polar surface area (TPSA) is 60.9 Å². The van der Waals surface area contributed by atoms with Gasteiger partial charge in [0, 0.05) is 18.8 Å². The molecule has 112 valence electrons. The van der Waals surface area contributed by atoms with Crippen molar-refractivity contribution in [1.82, 2.24) is 4.90 Å². The molecule has 0 bridgehead atoms. The minimum Gasteiger partial charge on any atom is -0.480 e. The van der Waals surface area contributed by atoms with Gasteiger partial charge in [0.25, 0.3) is 0 Å². The Hall–Kier alpha value is -2.04. The Morgan fingerprint density at radius 1 is 1.14 bits per heavy atom. The predicted octanol–water partition coefficient (Wildman–Crippen LogP) is 2.43. The first-order valence-corrected chi connectivity index (χ1v) is 7.48. The van der Waals surface area contributed by atoms with Crippen LogP contribution in [-0.4, -0.2) is 41.6 Å². The van der Waals surface area contributed by atoms with Crippen molar-refractivity contribution < 1.29 is 14.7 Å². The van der Waals surface area contributed by atoms with E-state index in [-0.39, 0.29) is 12.6 Å². The second kappa shape index (κ2) is 5.76. The Morgan fingerprint density at radius 2 is 1.76 bits per heavy atom. The summed E-state index contributed by atoms with van der Waals surface area (Å²) in [7, 11) is 0. The number of fused-ring (bicyclic) bond motifs is 1. The summed E-state index contributed by atoms with van der Waals surface area (Å²) in [6.07, 6.45) is 3.65. The first-order chi connectivity index (χ1) is 10.1. The Labute approximate surface area is 124 Å². The first-order valence-electron chi connectivity index (χ1n) is 7.48. The standard InChI is InChI=1S/C16H20N2O3/c19-15(20)11-18(14-7-2-1-3-8-14)16(21)17-9-12-5-4-6-13(12)10-17/h1-3,7-8,12-13H,4-6,9-11H2,(H,19,20). The molecule has 2 fully saturated rings. The Bertz CT molecular complexity index is 520. The summed E-state index contributed by atoms with van der Waals surface area (Å²) >= 11 is 0. The molecule has 2 amide bonds. The second-order valence-electron chi connectivity index (χ2n) is 5.95. The van der Waals surface area contributed by atoms with Crippen molar-refractivity contribution in [2.24, 2.45) is 11.8 Å². The molecular formula is C16H20N2O3. The van der Waals surface area contributed by atoms with Gasteiger partial charge in [0.05, 0.1) is 0 Å². The highest BCUT2D eigenvalue weighted by atomic mass is 16.4. The zero-order valence-electron chi connectivity index (χ0n) is 11.9. The Balaban J connectivity index is 1.77. The SMILES string of the molecule is O=C(O)CN(C(=O)N1CC2CCCC2C1)c1ccccc1. The summed E-state index contributed by atoms with van der Waals surface area (Å²) in [6.45, 7) is 1.24. The van der Waals surface area contributed by atoms with Crippen LogP contribution in [0.15, 0.2) is 30.3 Å². The lowest BCUT2D eigenvalue weighted by molar-refractivity contribution is -0.135. The van der Waals surface area contributed by atoms with E-state index in [9.17, 15) is 9.59 Å². The van der Waals surface area contributed by atoms with Crippen LogP contribution in [0.3, 0.4) is 0 Å². The van der Waals surface area contributed by atoms with Crippen LogP contribution in [0.25, 0.3) is 0 Å². The van der Waals surface area contributed by atoms with Crippen LogP contribution in [0.2, 0.25) is 0 Å². The number of para-hydroxylation sites is 1. The van der Waals surface area contributed by atoms with Gasteiger partial charge < -0.3 is 10.0 Å². The number of hydrogen-bond acceptors (Lipinski definition) is 2. The van der Waals surface area contributed by atoms with Crippen LogP contribution in [0.5, 0.6) is 0 Å². The molecular weight excluding hydrogens is 268 g/mol. The number of hydrogen-bond donors (Lipinski definition) is 1. The molecule has 1 heterocycles. The van der Waals surface area contributed by atoms with Crippen molar-refractivity contribution in [1.29, 1.82) is 0 Å². The number of aliphatic carboxylic acids is 1. The number of carbonyl (C=O) groups is 2. The van der Waals surface area contributed by atoms with Crippen molar-refractivity contribution in [2.75, 3.05) is 24.5 Å². The van der Waals surface area contributed by atoms with Crippen LogP contribution in [0, 0.1) is 11.8 Å². The highest BCUT2D eigenvalue weighted by Gasteiger charge is 2.39. The van der Waals surface area contributed by atoms with Gasteiger partial charge in [-0.05, 0) is 36.8 Å². The monoisotopic (exact) mass is 288 g/mol. The van der Waals surface area contributed by atoms with Crippen molar-refractivity contribution >= 4 is 17.7 Å². The molecule has 1 N–H and O–H groups in total. The maximum atomic E-state index is 12.7. The maximum Gasteiger partial charge on any atom is 0.325 e. The van der Waals surface area contributed by atoms with E-state index in [0.717, 1.165) is 13.1 Å². The van der Waals surface area contributed by atoms with Crippen LogP contribution >= 0.6 is 0 Å². The van der Waals surface area contributed by atoms with Gasteiger partial charge in [-0.2, -0.15) is 0 Å². The predicted molar refractivity (Wildman–Crippen MR) is 79.2 cm³/mol. The van der Waals surface area contributed by atoms with E-state index in [1.165, 1.54) is 24.2 Å². The average Bonchev–Trinajstić information content (AvgIpc) is 3.06. The summed E-state index contributed by atoms with van der Waals surface area (Å²) in [4.78, 5) is 27.0. The molecule has 1 aromatic rings. The minimum absolute atomic E-state index is 0.182. The van der Waals surface area contributed by atoms with E-state index in [4.69, 9.17) is 5.11 Å². The molecule has 2 aliphatic rings. The van der Waals surface area contributed by atoms with Gasteiger partial charge in [-0.3, -0.25) is 9.69 Å². The smallest absolute Gasteiger partial charge is 0.325 e. The number of carbonyl (C=O) groups excluding carboxylic acids is 1. The van der Waals surface area contributed by atoms with E-state index >= 15 is 0 Å². The van der Waals surface area contributed by atoms with Gasteiger partial charge in [-0.1, -0.05) is 24.6 Å². The molecule has 0 aromatic heterocycles. The fraction of sp³-hybridized carbons (Fsp3) is 0.500. The number of nitrogens with zero attached hydrogens (tertiary/aromatic N) is 2. The number of anilines is 1. The Morgan fingerprint density at radius 3 is 2.33 bits per heavy atom. The van der Waals surface area contributed by atoms with Crippen molar-refractivity contribution in [3.05, 3.63) is 30.3 Å². The van der Waals surface area contributed by atoms with Gasteiger partial charge in [-0.25, -0.2) is 4.79 Å². The Kier molecular flexibility index (Phi) is 3.82. The summed E-state index contributed by atoms with van der Waals surface area (Å²) < 4.78 is 0. The molecule has 3 rings (SSSR count). The van der Waals surface area contributed by atoms with E-state index in [1.54, 1.807) is 12.1 Å². The fourth-order valence-electron chi connectivity index (χ4n) is 3.57. The number of amides is 2. The number of urea groups is 1. The van der Waals surface area contributed by atoms with Gasteiger partial charge in [0.2, 0.25) is 0 Å². The van der Waals surface area contributed by atoms with Crippen LogP contribution in [0.1, 0.15) is 19.3 Å². The van der Waals surface area contributed by atoms with E-state index in [1.807, 2.05) is 23.1 Å². The molecule has 2 unspecified atom stereocenters. The van der Waals surface area contributed by atoms with Crippen molar-refractivity contribution in [3.63, 3.8) is 0 Å². The summed E-state index contributed by atoms with van der Waals surface area (Å²) in [6, 6.07) is 8.85. The van der Waals surface area contributed by atoms with Crippen molar-refractivity contribution in [2.45, 2.75) is 19.3 Å². The number of carboxylic acids is 1. The number of benzene rings is 1.